The van der Waals surface area contributed by atoms with Crippen molar-refractivity contribution in [3.8, 4) is 11.3 Å². The van der Waals surface area contributed by atoms with E-state index in [1.807, 2.05) is 36.4 Å². The van der Waals surface area contributed by atoms with Gasteiger partial charge >= 0.3 is 0 Å². The molecule has 0 unspecified atom stereocenters. The number of nitrogens with zero attached hydrogens (tertiary/aromatic N) is 1. The fraction of sp³-hybridized carbons (Fsp3) is 0.190. The van der Waals surface area contributed by atoms with Gasteiger partial charge in [0.25, 0.3) is 0 Å². The summed E-state index contributed by atoms with van der Waals surface area (Å²) in [6.45, 7) is 1.45. The third-order valence-electron chi connectivity index (χ3n) is 4.11. The summed E-state index contributed by atoms with van der Waals surface area (Å²) in [5, 5.41) is 2.89. The summed E-state index contributed by atoms with van der Waals surface area (Å²) in [6.07, 6.45) is -0.176. The Balaban J connectivity index is 1.66. The monoisotopic (exact) mass is 428 g/mol. The maximum atomic E-state index is 12.3. The first-order chi connectivity index (χ1) is 13.8. The number of benzene rings is 2. The fourth-order valence-electron chi connectivity index (χ4n) is 2.73. The molecule has 0 aliphatic carbocycles. The lowest BCUT2D eigenvalue weighted by atomic mass is 10.1. The van der Waals surface area contributed by atoms with Gasteiger partial charge in [-0.25, -0.2) is 13.4 Å². The standard InChI is InChI=1S/C21H20N2O4S2/c1-15(24)20-19(17-10-6-3-7-11-17)23-21(28-20)22-18(25)12-13-29(26,27)14-16-8-4-2-5-9-16/h2-11H,12-14H2,1H3,(H,22,23,25). The van der Waals surface area contributed by atoms with Crippen molar-refractivity contribution in [3.05, 3.63) is 71.1 Å². The quantitative estimate of drug-likeness (QED) is 0.548. The van der Waals surface area contributed by atoms with Crippen molar-refractivity contribution in [1.82, 2.24) is 4.98 Å². The first kappa shape index (κ1) is 20.9. The number of nitrogens with one attached hydrogen (secondary N) is 1. The van der Waals surface area contributed by atoms with E-state index in [0.29, 0.717) is 16.1 Å². The molecule has 0 aliphatic rings. The third-order valence-corrected chi connectivity index (χ3v) is 6.78. The molecule has 1 aromatic heterocycles. The highest BCUT2D eigenvalue weighted by molar-refractivity contribution is 7.90. The van der Waals surface area contributed by atoms with Crippen LogP contribution in [-0.2, 0) is 20.4 Å². The van der Waals surface area contributed by atoms with Gasteiger partial charge in [0.05, 0.1) is 22.1 Å². The summed E-state index contributed by atoms with van der Waals surface area (Å²) in [7, 11) is -3.41. The number of carbonyl (C=O) groups is 2. The van der Waals surface area contributed by atoms with Gasteiger partial charge in [-0.2, -0.15) is 0 Å². The Hall–Kier alpha value is -2.84. The van der Waals surface area contributed by atoms with Crippen molar-refractivity contribution in [2.45, 2.75) is 19.1 Å². The zero-order valence-electron chi connectivity index (χ0n) is 15.8. The molecule has 1 amide bonds. The van der Waals surface area contributed by atoms with Crippen molar-refractivity contribution in [3.63, 3.8) is 0 Å². The molecule has 0 saturated carbocycles. The number of carbonyl (C=O) groups excluding carboxylic acids is 2. The molecule has 1 N–H and O–H groups in total. The van der Waals surface area contributed by atoms with Gasteiger partial charge in [-0.1, -0.05) is 72.0 Å². The van der Waals surface area contributed by atoms with Crippen LogP contribution in [0.2, 0.25) is 0 Å². The second kappa shape index (κ2) is 9.11. The van der Waals surface area contributed by atoms with Crippen LogP contribution in [0.5, 0.6) is 0 Å². The molecule has 150 valence electrons. The SMILES string of the molecule is CC(=O)c1sc(NC(=O)CCS(=O)(=O)Cc2ccccc2)nc1-c1ccccc1. The van der Waals surface area contributed by atoms with E-state index in [2.05, 4.69) is 10.3 Å². The molecule has 0 bridgehead atoms. The average Bonchev–Trinajstić information content (AvgIpc) is 3.12. The summed E-state index contributed by atoms with van der Waals surface area (Å²) in [5.41, 5.74) is 1.97. The van der Waals surface area contributed by atoms with E-state index in [-0.39, 0.29) is 28.8 Å². The number of hydrogen-bond donors (Lipinski definition) is 1. The molecule has 0 radical (unpaired) electrons. The van der Waals surface area contributed by atoms with Crippen LogP contribution in [0.15, 0.2) is 60.7 Å². The van der Waals surface area contributed by atoms with Crippen LogP contribution >= 0.6 is 11.3 Å². The normalized spacial score (nSPS) is 11.2. The Kier molecular flexibility index (Phi) is 6.56. The van der Waals surface area contributed by atoms with E-state index in [1.54, 1.807) is 24.3 Å². The van der Waals surface area contributed by atoms with Crippen LogP contribution in [0.1, 0.15) is 28.6 Å². The molecule has 3 aromatic rings. The van der Waals surface area contributed by atoms with Crippen LogP contribution in [-0.4, -0.2) is 30.8 Å². The molecule has 0 fully saturated rings. The van der Waals surface area contributed by atoms with Crippen LogP contribution in [0, 0.1) is 0 Å². The van der Waals surface area contributed by atoms with E-state index >= 15 is 0 Å². The number of Topliss-reactive ketones (excluding diaryl/α,β-unsaturated/α-hetero) is 1. The zero-order chi connectivity index (χ0) is 20.9. The predicted molar refractivity (Wildman–Crippen MR) is 115 cm³/mol. The van der Waals surface area contributed by atoms with Crippen LogP contribution < -0.4 is 5.32 Å². The molecule has 3 rings (SSSR count). The highest BCUT2D eigenvalue weighted by Gasteiger charge is 2.19. The van der Waals surface area contributed by atoms with Gasteiger partial charge in [-0.15, -0.1) is 0 Å². The van der Waals surface area contributed by atoms with E-state index in [4.69, 9.17) is 0 Å². The van der Waals surface area contributed by atoms with Crippen molar-refractivity contribution in [1.29, 1.82) is 0 Å². The summed E-state index contributed by atoms with van der Waals surface area (Å²) < 4.78 is 24.5. The van der Waals surface area contributed by atoms with Gasteiger partial charge in [-0.3, -0.25) is 9.59 Å². The molecule has 2 aromatic carbocycles. The Labute approximate surface area is 173 Å². The molecular formula is C21H20N2O4S2. The molecular weight excluding hydrogens is 408 g/mol. The van der Waals surface area contributed by atoms with Gasteiger partial charge < -0.3 is 5.32 Å². The van der Waals surface area contributed by atoms with Gasteiger partial charge in [0, 0.05) is 18.9 Å². The lowest BCUT2D eigenvalue weighted by molar-refractivity contribution is -0.115. The minimum absolute atomic E-state index is 0.106. The van der Waals surface area contributed by atoms with E-state index < -0.39 is 15.7 Å². The first-order valence-corrected chi connectivity index (χ1v) is 11.6. The number of hydrogen-bond acceptors (Lipinski definition) is 6. The minimum atomic E-state index is -3.41. The highest BCUT2D eigenvalue weighted by atomic mass is 32.2. The highest BCUT2D eigenvalue weighted by Crippen LogP contribution is 2.31. The molecule has 29 heavy (non-hydrogen) atoms. The van der Waals surface area contributed by atoms with Crippen LogP contribution in [0.25, 0.3) is 11.3 Å². The van der Waals surface area contributed by atoms with Crippen molar-refractivity contribution >= 4 is 38.0 Å². The molecule has 6 nitrogen and oxygen atoms in total. The number of ketones is 1. The Morgan fingerprint density at radius 2 is 1.62 bits per heavy atom. The second-order valence-electron chi connectivity index (χ2n) is 6.49. The van der Waals surface area contributed by atoms with Crippen molar-refractivity contribution < 1.29 is 18.0 Å². The number of rotatable bonds is 8. The average molecular weight is 429 g/mol. The molecule has 0 atom stereocenters. The lowest BCUT2D eigenvalue weighted by Gasteiger charge is -2.05. The van der Waals surface area contributed by atoms with Crippen molar-refractivity contribution in [2.24, 2.45) is 0 Å². The largest absolute Gasteiger partial charge is 0.302 e. The molecule has 0 saturated heterocycles. The Bertz CT molecular complexity index is 1110. The summed E-state index contributed by atoms with van der Waals surface area (Å²) in [4.78, 5) is 29.0. The maximum absolute atomic E-state index is 12.3. The zero-order valence-corrected chi connectivity index (χ0v) is 17.4. The third kappa shape index (κ3) is 5.82. The van der Waals surface area contributed by atoms with Gasteiger partial charge in [0.2, 0.25) is 5.91 Å². The van der Waals surface area contributed by atoms with Crippen LogP contribution in [0.4, 0.5) is 5.13 Å². The van der Waals surface area contributed by atoms with Gasteiger partial charge in [0.1, 0.15) is 0 Å². The molecule has 1 heterocycles. The molecule has 0 aliphatic heterocycles. The Morgan fingerprint density at radius 1 is 1.00 bits per heavy atom. The lowest BCUT2D eigenvalue weighted by Crippen LogP contribution is -2.18. The van der Waals surface area contributed by atoms with Crippen molar-refractivity contribution in [2.75, 3.05) is 11.1 Å². The Morgan fingerprint density at radius 3 is 2.24 bits per heavy atom. The number of thiazole rings is 1. The summed E-state index contributed by atoms with van der Waals surface area (Å²) >= 11 is 1.08. The number of anilines is 1. The fourth-order valence-corrected chi connectivity index (χ4v) is 4.97. The number of amides is 1. The number of sulfone groups is 1. The molecule has 0 spiro atoms. The number of aromatic nitrogens is 1. The van der Waals surface area contributed by atoms with E-state index in [0.717, 1.165) is 16.9 Å². The van der Waals surface area contributed by atoms with Gasteiger partial charge in [-0.05, 0) is 5.56 Å². The van der Waals surface area contributed by atoms with E-state index in [9.17, 15) is 18.0 Å². The first-order valence-electron chi connectivity index (χ1n) is 8.95. The molecule has 8 heteroatoms. The second-order valence-corrected chi connectivity index (χ2v) is 9.68. The summed E-state index contributed by atoms with van der Waals surface area (Å²) in [5.74, 6) is -0.965. The maximum Gasteiger partial charge on any atom is 0.227 e. The minimum Gasteiger partial charge on any atom is -0.302 e. The predicted octanol–water partition coefficient (Wildman–Crippen LogP) is 3.96. The van der Waals surface area contributed by atoms with Crippen LogP contribution in [0.3, 0.4) is 0 Å². The van der Waals surface area contributed by atoms with E-state index in [1.165, 1.54) is 6.92 Å². The summed E-state index contributed by atoms with van der Waals surface area (Å²) in [6, 6.07) is 18.1. The smallest absolute Gasteiger partial charge is 0.227 e. The topological polar surface area (TPSA) is 93.2 Å². The van der Waals surface area contributed by atoms with Gasteiger partial charge in [0.15, 0.2) is 20.8 Å².